The second-order valence-electron chi connectivity index (χ2n) is 36.2. The summed E-state index contributed by atoms with van der Waals surface area (Å²) in [7, 11) is -1.72. The molecule has 0 fully saturated rings. The molecule has 1 unspecified atom stereocenters. The van der Waals surface area contributed by atoms with Crippen molar-refractivity contribution in [2.45, 2.75) is 5.92 Å². The molecule has 1 aliphatic carbocycles. The number of halogens is 2. The normalized spacial score (nSPS) is 12.1. The molecule has 26 aromatic rings. The highest BCUT2D eigenvalue weighted by Gasteiger charge is 2.32. The lowest BCUT2D eigenvalue weighted by atomic mass is 9.89. The monoisotopic (exact) mass is 1980 g/mol. The molecule has 1 atom stereocenters. The van der Waals surface area contributed by atoms with Crippen LogP contribution in [0.4, 0.5) is 45.5 Å². The van der Waals surface area contributed by atoms with E-state index in [0.29, 0.717) is 0 Å². The van der Waals surface area contributed by atoms with Crippen molar-refractivity contribution >= 4 is 178 Å². The van der Waals surface area contributed by atoms with Crippen LogP contribution in [-0.2, 0) is 0 Å². The van der Waals surface area contributed by atoms with Gasteiger partial charge in [-0.1, -0.05) is 381 Å². The van der Waals surface area contributed by atoms with E-state index in [-0.39, 0.29) is 5.92 Å². The molecule has 672 valence electrons. The summed E-state index contributed by atoms with van der Waals surface area (Å²) in [4.78, 5) is 4.98. The van der Waals surface area contributed by atoms with Gasteiger partial charge in [0.15, 0.2) is 0 Å². The second kappa shape index (κ2) is 38.0. The highest BCUT2D eigenvalue weighted by Crippen LogP contribution is 2.61. The Bertz CT molecular complexity index is 8980. The van der Waals surface area contributed by atoms with Gasteiger partial charge in [0.2, 0.25) is 0 Å². The predicted octanol–water partition coefficient (Wildman–Crippen LogP) is 39.9. The number of benzene rings is 22. The lowest BCUT2D eigenvalue weighted by Crippen LogP contribution is -2.13. The van der Waals surface area contributed by atoms with E-state index in [1.807, 2.05) is 18.2 Å². The first-order chi connectivity index (χ1) is 70.2. The fourth-order valence-corrected chi connectivity index (χ4v) is 28.3. The van der Waals surface area contributed by atoms with E-state index < -0.39 is 15.1 Å². The van der Waals surface area contributed by atoms with Crippen molar-refractivity contribution in [3.8, 4) is 77.6 Å². The molecule has 0 aliphatic heterocycles. The van der Waals surface area contributed by atoms with Gasteiger partial charge in [-0.15, -0.1) is 0 Å². The van der Waals surface area contributed by atoms with Gasteiger partial charge in [-0.05, 0) is 300 Å². The smallest absolute Gasteiger partial charge is 0.0542 e. The highest BCUT2D eigenvalue weighted by molar-refractivity contribution is 9.11. The molecule has 4 aromatic heterocycles. The molecule has 5 nitrogen and oxygen atoms in total. The van der Waals surface area contributed by atoms with E-state index >= 15 is 0 Å². The Balaban J connectivity index is 0.000000145. The van der Waals surface area contributed by atoms with E-state index in [0.717, 1.165) is 60.1 Å². The standard InChI is InChI=1S/C79H54N3P.C30H19Br2P.C24H18N2/c1-7-23-54(24-8-1)57-39-45-77-73(47-57)74-48-58(55-25-9-2-10-26-55)40-46-78(74)83(77)66-50-64(80(59-29-13-4-14-30-59)62-41-43-70-71(52-62)67-35-19-20-37-69(67)79(70)56-27-11-3-12-28-56)49-65(51-66)81(60-31-15-5-16-32-60)63-42-44-76-72(53-63)68-36-21-22-38-75(68)82(76)61-33-17-6-18-34-61;31-24-17-25(32)19-26(18-24)33-29-13-11-22(20-7-3-1-4-8-20)15-27(29)28-16-23(12-14-30(28)33)21-9-5-2-6-10-21;1-3-9-18(10-4-1)25-19-15-16-24-22(17-19)21-13-7-8-14-23(21)26(24)20-11-5-2-6-12-20/h1-53,79H;1-19H;1-17,25H. The minimum absolute atomic E-state index is 0.144. The van der Waals surface area contributed by atoms with Gasteiger partial charge in [-0.25, -0.2) is 0 Å². The summed E-state index contributed by atoms with van der Waals surface area (Å²) < 4.78 is 6.94. The second-order valence-corrected chi connectivity index (χ2v) is 42.4. The van der Waals surface area contributed by atoms with Crippen LogP contribution in [0.3, 0.4) is 0 Å². The van der Waals surface area contributed by atoms with E-state index in [1.165, 1.54) is 174 Å². The third-order valence-electron chi connectivity index (χ3n) is 27.7. The lowest BCUT2D eigenvalue weighted by molar-refractivity contribution is 1.01. The number of fused-ring (bicyclic) bond motifs is 15. The van der Waals surface area contributed by atoms with Crippen LogP contribution in [0.1, 0.15) is 22.6 Å². The van der Waals surface area contributed by atoms with Gasteiger partial charge in [-0.2, -0.15) is 0 Å². The molecule has 142 heavy (non-hydrogen) atoms. The molecular weight excluding hydrogens is 1890 g/mol. The number of anilines is 8. The van der Waals surface area contributed by atoms with Crippen molar-refractivity contribution in [3.63, 3.8) is 0 Å². The van der Waals surface area contributed by atoms with Crippen LogP contribution in [0.2, 0.25) is 0 Å². The third kappa shape index (κ3) is 16.4. The number of nitrogens with zero attached hydrogens (tertiary/aromatic N) is 4. The topological polar surface area (TPSA) is 28.4 Å². The SMILES string of the molecule is Brc1cc(Br)cc(-p2c3ccc(-c4ccccc4)cc3c3cc(-c4ccccc4)ccc32)c1.c1ccc(-c2ccc3c(c2)c2cc(-c4ccccc4)ccc2p3-c2cc(N(c3ccccc3)c3ccc4c(c3)-c3ccccc3C4c3ccccc3)cc(N(c3ccccc3)c3ccc4c(c3)c3ccccc3n4-c3ccccc3)c2)cc1.c1ccc(Nc2ccc3c(c2)c2ccccc2n3-c2ccccc2)cc1. The molecule has 0 amide bonds. The average molecular weight is 1980 g/mol. The van der Waals surface area contributed by atoms with Gasteiger partial charge in [0, 0.05) is 124 Å². The Kier molecular flexibility index (Phi) is 23.2. The molecular formula is C133H91Br2N5P2. The molecule has 1 N–H and O–H groups in total. The molecule has 0 radical (unpaired) electrons. The maximum absolute atomic E-state index is 3.70. The quantitative estimate of drug-likeness (QED) is 0.0985. The van der Waals surface area contributed by atoms with Crippen molar-refractivity contribution in [1.82, 2.24) is 9.13 Å². The summed E-state index contributed by atoms with van der Waals surface area (Å²) in [5, 5.41) is 21.9. The third-order valence-corrected chi connectivity index (χ3v) is 33.7. The maximum atomic E-state index is 3.70. The lowest BCUT2D eigenvalue weighted by Gasteiger charge is -2.31. The van der Waals surface area contributed by atoms with Gasteiger partial charge >= 0.3 is 0 Å². The zero-order chi connectivity index (χ0) is 94.5. The number of hydrogen-bond donors (Lipinski definition) is 1. The van der Waals surface area contributed by atoms with E-state index in [4.69, 9.17) is 0 Å². The zero-order valence-electron chi connectivity index (χ0n) is 77.4. The van der Waals surface area contributed by atoms with Gasteiger partial charge < -0.3 is 24.3 Å². The Morgan fingerprint density at radius 1 is 0.204 bits per heavy atom. The fraction of sp³-hybridized carbons (Fsp3) is 0.00752. The highest BCUT2D eigenvalue weighted by atomic mass is 79.9. The molecule has 0 bridgehead atoms. The maximum Gasteiger partial charge on any atom is 0.0542 e. The van der Waals surface area contributed by atoms with E-state index in [1.54, 1.807) is 0 Å². The average Bonchev–Trinajstić information content (AvgIpc) is 1.57. The molecule has 22 aromatic carbocycles. The molecule has 4 heterocycles. The predicted molar refractivity (Wildman–Crippen MR) is 615 cm³/mol. The first-order valence-corrected chi connectivity index (χ1v) is 52.5. The Morgan fingerprint density at radius 3 is 1.00 bits per heavy atom. The Hall–Kier alpha value is -16.6. The minimum Gasteiger partial charge on any atom is -0.356 e. The van der Waals surface area contributed by atoms with Gasteiger partial charge in [0.25, 0.3) is 0 Å². The summed E-state index contributed by atoms with van der Waals surface area (Å²) in [6.07, 6.45) is 0. The van der Waals surface area contributed by atoms with Gasteiger partial charge in [0.05, 0.1) is 22.1 Å². The van der Waals surface area contributed by atoms with Crippen LogP contribution in [0.15, 0.2) is 549 Å². The van der Waals surface area contributed by atoms with E-state index in [2.05, 4.69) is 578 Å². The number of nitrogens with one attached hydrogen (secondary N) is 1. The van der Waals surface area contributed by atoms with Crippen LogP contribution in [0.5, 0.6) is 0 Å². The van der Waals surface area contributed by atoms with Crippen molar-refractivity contribution in [1.29, 1.82) is 0 Å². The van der Waals surface area contributed by atoms with Crippen molar-refractivity contribution in [2.75, 3.05) is 15.1 Å². The Morgan fingerprint density at radius 2 is 0.549 bits per heavy atom. The van der Waals surface area contributed by atoms with Crippen LogP contribution >= 0.6 is 46.9 Å². The van der Waals surface area contributed by atoms with Crippen molar-refractivity contribution < 1.29 is 0 Å². The van der Waals surface area contributed by atoms with Crippen LogP contribution in [0, 0.1) is 0 Å². The molecule has 0 saturated carbocycles. The summed E-state index contributed by atoms with van der Waals surface area (Å²) in [6.45, 7) is 0. The number of rotatable bonds is 17. The first kappa shape index (κ1) is 86.9. The Labute approximate surface area is 844 Å². The summed E-state index contributed by atoms with van der Waals surface area (Å²) in [6, 6.07) is 197. The number of para-hydroxylation sites is 7. The minimum atomic E-state index is -1.09. The first-order valence-electron chi connectivity index (χ1n) is 48.2. The number of aromatic nitrogens is 2. The molecule has 27 rings (SSSR count). The molecule has 1 aliphatic rings. The largest absolute Gasteiger partial charge is 0.356 e. The van der Waals surface area contributed by atoms with Crippen molar-refractivity contribution in [3.05, 3.63) is 566 Å². The van der Waals surface area contributed by atoms with Crippen LogP contribution in [-0.4, -0.2) is 9.13 Å². The van der Waals surface area contributed by atoms with Crippen LogP contribution in [0.25, 0.3) is 163 Å². The van der Waals surface area contributed by atoms with E-state index in [9.17, 15) is 0 Å². The summed E-state index contributed by atoms with van der Waals surface area (Å²) >= 11 is 7.41. The summed E-state index contributed by atoms with van der Waals surface area (Å²) in [5.74, 6) is 0.144. The molecule has 0 spiro atoms. The van der Waals surface area contributed by atoms with Gasteiger partial charge in [0.1, 0.15) is 0 Å². The van der Waals surface area contributed by atoms with Crippen molar-refractivity contribution in [2.24, 2.45) is 0 Å². The fourth-order valence-electron chi connectivity index (χ4n) is 21.4. The van der Waals surface area contributed by atoms with Crippen LogP contribution < -0.4 is 15.1 Å². The van der Waals surface area contributed by atoms with Gasteiger partial charge in [-0.3, -0.25) is 0 Å². The molecule has 0 saturated heterocycles. The number of hydrogen-bond acceptors (Lipinski definition) is 3. The summed E-state index contributed by atoms with van der Waals surface area (Å²) in [5.41, 5.74) is 32.2. The zero-order valence-corrected chi connectivity index (χ0v) is 82.4. The molecule has 9 heteroatoms.